The van der Waals surface area contributed by atoms with Crippen LogP contribution in [0.3, 0.4) is 0 Å². The van der Waals surface area contributed by atoms with Crippen LogP contribution in [0, 0.1) is 6.92 Å². The zero-order valence-electron chi connectivity index (χ0n) is 10.3. The van der Waals surface area contributed by atoms with Gasteiger partial charge in [0.15, 0.2) is 0 Å². The summed E-state index contributed by atoms with van der Waals surface area (Å²) in [5.41, 5.74) is 8.22. The molecule has 0 radical (unpaired) electrons. The molecule has 0 aliphatic carbocycles. The second-order valence-corrected chi connectivity index (χ2v) is 4.14. The smallest absolute Gasteiger partial charge is 0.335 e. The predicted molar refractivity (Wildman–Crippen MR) is 76.9 cm³/mol. The average molecular weight is 280 g/mol. The topological polar surface area (TPSA) is 83.5 Å². The van der Waals surface area contributed by atoms with Crippen LogP contribution >= 0.6 is 12.4 Å². The lowest BCUT2D eigenvalue weighted by Gasteiger charge is -2.09. The fourth-order valence-corrected chi connectivity index (χ4v) is 1.85. The summed E-state index contributed by atoms with van der Waals surface area (Å²) in [6.45, 7) is 1.86. The van der Waals surface area contributed by atoms with Gasteiger partial charge in [0, 0.05) is 5.56 Å². The van der Waals surface area contributed by atoms with Crippen molar-refractivity contribution in [1.82, 2.24) is 0 Å². The highest BCUT2D eigenvalue weighted by molar-refractivity contribution is 5.90. The number of carbonyl (C=O) groups is 1. The van der Waals surface area contributed by atoms with E-state index >= 15 is 0 Å². The number of aromatic carboxylic acids is 1. The van der Waals surface area contributed by atoms with Gasteiger partial charge in [-0.2, -0.15) is 0 Å². The van der Waals surface area contributed by atoms with Crippen LogP contribution in [-0.2, 0) is 0 Å². The zero-order valence-corrected chi connectivity index (χ0v) is 11.1. The first-order valence-corrected chi connectivity index (χ1v) is 5.42. The Balaban J connectivity index is 0.00000180. The zero-order chi connectivity index (χ0) is 13.3. The van der Waals surface area contributed by atoms with Gasteiger partial charge in [0.05, 0.1) is 11.3 Å². The van der Waals surface area contributed by atoms with Crippen LogP contribution in [0.1, 0.15) is 15.9 Å². The standard InChI is InChI=1S/C14H13NO3.ClH/c1-8-5-11(13(16)12(15)6-8)9-3-2-4-10(7-9)14(17)18;/h2-7,16H,15H2,1H3,(H,17,18);1H. The maximum Gasteiger partial charge on any atom is 0.335 e. The van der Waals surface area contributed by atoms with Gasteiger partial charge < -0.3 is 15.9 Å². The van der Waals surface area contributed by atoms with E-state index in [2.05, 4.69) is 0 Å². The summed E-state index contributed by atoms with van der Waals surface area (Å²) in [5, 5.41) is 18.9. The number of halogens is 1. The molecule has 0 heterocycles. The Morgan fingerprint density at radius 2 is 1.89 bits per heavy atom. The number of carboxylic acids is 1. The van der Waals surface area contributed by atoms with E-state index in [0.717, 1.165) is 5.56 Å². The summed E-state index contributed by atoms with van der Waals surface area (Å²) in [7, 11) is 0. The van der Waals surface area contributed by atoms with Crippen molar-refractivity contribution in [3.63, 3.8) is 0 Å². The maximum atomic E-state index is 10.9. The van der Waals surface area contributed by atoms with Crippen molar-refractivity contribution in [2.75, 3.05) is 5.73 Å². The number of aromatic hydroxyl groups is 1. The van der Waals surface area contributed by atoms with Crippen molar-refractivity contribution in [3.8, 4) is 16.9 Å². The average Bonchev–Trinajstić information content (AvgIpc) is 2.34. The number of aryl methyl sites for hydroxylation is 1. The molecule has 0 saturated carbocycles. The van der Waals surface area contributed by atoms with Gasteiger partial charge in [-0.1, -0.05) is 12.1 Å². The summed E-state index contributed by atoms with van der Waals surface area (Å²) in [5.74, 6) is -1.03. The molecule has 0 amide bonds. The Kier molecular flexibility index (Phi) is 4.40. The first kappa shape index (κ1) is 14.9. The summed E-state index contributed by atoms with van der Waals surface area (Å²) in [4.78, 5) is 10.9. The third-order valence-corrected chi connectivity index (χ3v) is 2.70. The number of rotatable bonds is 2. The fourth-order valence-electron chi connectivity index (χ4n) is 1.85. The van der Waals surface area contributed by atoms with E-state index in [9.17, 15) is 9.90 Å². The minimum Gasteiger partial charge on any atom is -0.505 e. The molecule has 100 valence electrons. The molecule has 0 saturated heterocycles. The van der Waals surface area contributed by atoms with E-state index in [1.54, 1.807) is 24.3 Å². The van der Waals surface area contributed by atoms with E-state index in [0.29, 0.717) is 11.1 Å². The van der Waals surface area contributed by atoms with Gasteiger partial charge >= 0.3 is 5.97 Å². The molecule has 2 aromatic carbocycles. The highest BCUT2D eigenvalue weighted by Crippen LogP contribution is 2.35. The van der Waals surface area contributed by atoms with Crippen molar-refractivity contribution in [2.24, 2.45) is 0 Å². The van der Waals surface area contributed by atoms with E-state index in [-0.39, 0.29) is 29.4 Å². The number of benzene rings is 2. The predicted octanol–water partition coefficient (Wildman–Crippen LogP) is 3.07. The molecule has 0 aromatic heterocycles. The van der Waals surface area contributed by atoms with Crippen LogP contribution in [0.4, 0.5) is 5.69 Å². The first-order chi connectivity index (χ1) is 8.49. The number of phenolic OH excluding ortho intramolecular Hbond substituents is 1. The van der Waals surface area contributed by atoms with Crippen molar-refractivity contribution >= 4 is 24.1 Å². The second-order valence-electron chi connectivity index (χ2n) is 4.14. The molecule has 0 aliphatic rings. The lowest BCUT2D eigenvalue weighted by molar-refractivity contribution is 0.0697. The largest absolute Gasteiger partial charge is 0.505 e. The summed E-state index contributed by atoms with van der Waals surface area (Å²) >= 11 is 0. The highest BCUT2D eigenvalue weighted by atomic mass is 35.5. The number of hydrogen-bond donors (Lipinski definition) is 3. The molecule has 0 atom stereocenters. The minimum absolute atomic E-state index is 0. The molecule has 0 fully saturated rings. The van der Waals surface area contributed by atoms with Gasteiger partial charge in [0.25, 0.3) is 0 Å². The molecule has 2 rings (SSSR count). The Bertz CT molecular complexity index is 626. The van der Waals surface area contributed by atoms with Crippen LogP contribution in [0.15, 0.2) is 36.4 Å². The number of hydrogen-bond acceptors (Lipinski definition) is 3. The monoisotopic (exact) mass is 279 g/mol. The molecule has 0 unspecified atom stereocenters. The van der Waals surface area contributed by atoms with Gasteiger partial charge in [-0.25, -0.2) is 4.79 Å². The molecule has 5 heteroatoms. The van der Waals surface area contributed by atoms with Crippen molar-refractivity contribution in [3.05, 3.63) is 47.5 Å². The molecule has 4 N–H and O–H groups in total. The molecular formula is C14H14ClNO3. The third-order valence-electron chi connectivity index (χ3n) is 2.70. The Morgan fingerprint density at radius 3 is 2.53 bits per heavy atom. The van der Waals surface area contributed by atoms with Crippen LogP contribution in [0.25, 0.3) is 11.1 Å². The lowest BCUT2D eigenvalue weighted by atomic mass is 9.99. The molecular weight excluding hydrogens is 266 g/mol. The Labute approximate surface area is 116 Å². The molecule has 19 heavy (non-hydrogen) atoms. The van der Waals surface area contributed by atoms with Gasteiger partial charge in [0.2, 0.25) is 0 Å². The number of nitrogen functional groups attached to an aromatic ring is 1. The molecule has 0 aliphatic heterocycles. The normalized spacial score (nSPS) is 9.74. The van der Waals surface area contributed by atoms with Gasteiger partial charge in [-0.15, -0.1) is 12.4 Å². The number of nitrogens with two attached hydrogens (primary N) is 1. The minimum atomic E-state index is -1.00. The Hall–Kier alpha value is -2.20. The van der Waals surface area contributed by atoms with Crippen molar-refractivity contribution in [2.45, 2.75) is 6.92 Å². The quantitative estimate of drug-likeness (QED) is 0.583. The third kappa shape index (κ3) is 2.98. The highest BCUT2D eigenvalue weighted by Gasteiger charge is 2.10. The van der Waals surface area contributed by atoms with Crippen LogP contribution < -0.4 is 5.73 Å². The summed E-state index contributed by atoms with van der Waals surface area (Å²) in [6, 6.07) is 9.82. The molecule has 4 nitrogen and oxygen atoms in total. The lowest BCUT2D eigenvalue weighted by Crippen LogP contribution is -1.96. The SMILES string of the molecule is Cc1cc(N)c(O)c(-c2cccc(C(=O)O)c2)c1.Cl. The van der Waals surface area contributed by atoms with E-state index in [1.807, 2.05) is 6.92 Å². The number of anilines is 1. The Morgan fingerprint density at radius 1 is 1.21 bits per heavy atom. The van der Waals surface area contributed by atoms with E-state index in [4.69, 9.17) is 10.8 Å². The fraction of sp³-hybridized carbons (Fsp3) is 0.0714. The summed E-state index contributed by atoms with van der Waals surface area (Å²) < 4.78 is 0. The van der Waals surface area contributed by atoms with Gasteiger partial charge in [-0.3, -0.25) is 0 Å². The van der Waals surface area contributed by atoms with Gasteiger partial charge in [-0.05, 0) is 42.3 Å². The van der Waals surface area contributed by atoms with Crippen molar-refractivity contribution in [1.29, 1.82) is 0 Å². The summed E-state index contributed by atoms with van der Waals surface area (Å²) in [6.07, 6.45) is 0. The number of carboxylic acid groups (broad SMARTS) is 1. The van der Waals surface area contributed by atoms with E-state index < -0.39 is 5.97 Å². The van der Waals surface area contributed by atoms with Crippen LogP contribution in [0.5, 0.6) is 5.75 Å². The van der Waals surface area contributed by atoms with Crippen LogP contribution in [-0.4, -0.2) is 16.2 Å². The molecule has 0 bridgehead atoms. The molecule has 2 aromatic rings. The first-order valence-electron chi connectivity index (χ1n) is 5.42. The van der Waals surface area contributed by atoms with E-state index in [1.165, 1.54) is 12.1 Å². The van der Waals surface area contributed by atoms with Crippen LogP contribution in [0.2, 0.25) is 0 Å². The molecule has 0 spiro atoms. The second kappa shape index (κ2) is 5.63. The number of phenols is 1. The van der Waals surface area contributed by atoms with Gasteiger partial charge in [0.1, 0.15) is 5.75 Å². The maximum absolute atomic E-state index is 10.9. The van der Waals surface area contributed by atoms with Crippen molar-refractivity contribution < 1.29 is 15.0 Å².